The Labute approximate surface area is 144 Å². The first-order chi connectivity index (χ1) is 11.5. The van der Waals surface area contributed by atoms with Crippen molar-refractivity contribution in [2.75, 3.05) is 33.9 Å². The lowest BCUT2D eigenvalue weighted by molar-refractivity contribution is -0.128. The van der Waals surface area contributed by atoms with Crippen molar-refractivity contribution >= 4 is 11.8 Å². The van der Waals surface area contributed by atoms with Gasteiger partial charge in [-0.05, 0) is 24.6 Å². The van der Waals surface area contributed by atoms with Crippen LogP contribution in [0.1, 0.15) is 43.5 Å². The minimum atomic E-state index is -0.201. The van der Waals surface area contributed by atoms with E-state index in [0.717, 1.165) is 25.8 Å². The molecule has 24 heavy (non-hydrogen) atoms. The number of carbonyl (C=O) groups is 2. The summed E-state index contributed by atoms with van der Waals surface area (Å²) in [7, 11) is 3.08. The van der Waals surface area contributed by atoms with Crippen molar-refractivity contribution in [3.63, 3.8) is 0 Å². The molecule has 0 radical (unpaired) electrons. The number of ether oxygens (including phenoxy) is 2. The summed E-state index contributed by atoms with van der Waals surface area (Å²) < 4.78 is 10.4. The lowest BCUT2D eigenvalue weighted by atomic mass is 10.2. The highest BCUT2D eigenvalue weighted by atomic mass is 16.5. The number of unbranched alkanes of at least 4 members (excludes halogenated alkanes) is 2. The second-order valence-corrected chi connectivity index (χ2v) is 5.54. The van der Waals surface area contributed by atoms with Gasteiger partial charge in [-0.1, -0.05) is 19.8 Å². The van der Waals surface area contributed by atoms with Gasteiger partial charge in [0.15, 0.2) is 11.5 Å². The Morgan fingerprint density at radius 3 is 2.38 bits per heavy atom. The first-order valence-corrected chi connectivity index (χ1v) is 8.29. The minimum Gasteiger partial charge on any atom is -0.493 e. The first kappa shape index (κ1) is 19.8. The van der Waals surface area contributed by atoms with Crippen molar-refractivity contribution in [1.82, 2.24) is 10.2 Å². The van der Waals surface area contributed by atoms with Crippen LogP contribution in [-0.2, 0) is 4.79 Å². The molecule has 0 bridgehead atoms. The van der Waals surface area contributed by atoms with Gasteiger partial charge in [-0.2, -0.15) is 0 Å². The molecule has 1 N–H and O–H groups in total. The smallest absolute Gasteiger partial charge is 0.251 e. The molecule has 6 heteroatoms. The molecule has 0 aliphatic carbocycles. The van der Waals surface area contributed by atoms with Gasteiger partial charge < -0.3 is 19.7 Å². The SMILES string of the molecule is CCCCCN(CCNC(=O)c1ccc(OC)c(OC)c1)C(C)=O. The zero-order valence-electron chi connectivity index (χ0n) is 15.1. The summed E-state index contributed by atoms with van der Waals surface area (Å²) in [5.41, 5.74) is 0.494. The number of nitrogens with zero attached hydrogens (tertiary/aromatic N) is 1. The van der Waals surface area contributed by atoms with Crippen LogP contribution >= 0.6 is 0 Å². The maximum Gasteiger partial charge on any atom is 0.251 e. The van der Waals surface area contributed by atoms with Crippen LogP contribution in [-0.4, -0.2) is 50.6 Å². The van der Waals surface area contributed by atoms with Gasteiger partial charge in [0.25, 0.3) is 5.91 Å². The molecule has 0 aliphatic rings. The Kier molecular flexibility index (Phi) is 8.68. The van der Waals surface area contributed by atoms with Gasteiger partial charge in [0.05, 0.1) is 14.2 Å². The van der Waals surface area contributed by atoms with Crippen LogP contribution in [0.2, 0.25) is 0 Å². The van der Waals surface area contributed by atoms with Crippen molar-refractivity contribution < 1.29 is 19.1 Å². The van der Waals surface area contributed by atoms with Crippen LogP contribution in [0.15, 0.2) is 18.2 Å². The average molecular weight is 336 g/mol. The van der Waals surface area contributed by atoms with E-state index < -0.39 is 0 Å². The molecule has 1 aromatic rings. The third-order valence-corrected chi connectivity index (χ3v) is 3.79. The van der Waals surface area contributed by atoms with Crippen LogP contribution in [0.3, 0.4) is 0 Å². The second kappa shape index (κ2) is 10.5. The highest BCUT2D eigenvalue weighted by molar-refractivity contribution is 5.94. The summed E-state index contributed by atoms with van der Waals surface area (Å²) in [5.74, 6) is 0.919. The Hall–Kier alpha value is -2.24. The molecule has 0 saturated carbocycles. The molecule has 0 spiro atoms. The molecular formula is C18H28N2O4. The largest absolute Gasteiger partial charge is 0.493 e. The number of carbonyl (C=O) groups excluding carboxylic acids is 2. The van der Waals surface area contributed by atoms with Crippen LogP contribution in [0, 0.1) is 0 Å². The Bertz CT molecular complexity index is 546. The van der Waals surface area contributed by atoms with E-state index in [1.807, 2.05) is 0 Å². The van der Waals surface area contributed by atoms with E-state index in [2.05, 4.69) is 12.2 Å². The molecule has 6 nitrogen and oxygen atoms in total. The van der Waals surface area contributed by atoms with E-state index in [0.29, 0.717) is 30.2 Å². The Morgan fingerprint density at radius 1 is 1.08 bits per heavy atom. The first-order valence-electron chi connectivity index (χ1n) is 8.29. The van der Waals surface area contributed by atoms with Gasteiger partial charge in [-0.3, -0.25) is 9.59 Å². The summed E-state index contributed by atoms with van der Waals surface area (Å²) >= 11 is 0. The maximum atomic E-state index is 12.2. The summed E-state index contributed by atoms with van der Waals surface area (Å²) in [4.78, 5) is 25.6. The lowest BCUT2D eigenvalue weighted by Crippen LogP contribution is -2.38. The van der Waals surface area contributed by atoms with E-state index >= 15 is 0 Å². The van der Waals surface area contributed by atoms with Gasteiger partial charge in [0.2, 0.25) is 5.91 Å². The van der Waals surface area contributed by atoms with Crippen LogP contribution in [0.4, 0.5) is 0 Å². The predicted molar refractivity (Wildman–Crippen MR) is 93.7 cm³/mol. The number of benzene rings is 1. The topological polar surface area (TPSA) is 67.9 Å². The van der Waals surface area contributed by atoms with Crippen molar-refractivity contribution in [2.45, 2.75) is 33.1 Å². The highest BCUT2D eigenvalue weighted by Gasteiger charge is 2.12. The third kappa shape index (κ3) is 6.10. The zero-order chi connectivity index (χ0) is 17.9. The molecule has 134 valence electrons. The van der Waals surface area contributed by atoms with Crippen LogP contribution < -0.4 is 14.8 Å². The average Bonchev–Trinajstić information content (AvgIpc) is 2.59. The van der Waals surface area contributed by atoms with E-state index in [1.165, 1.54) is 7.11 Å². The predicted octanol–water partition coefficient (Wildman–Crippen LogP) is 2.47. The van der Waals surface area contributed by atoms with Crippen molar-refractivity contribution in [3.05, 3.63) is 23.8 Å². The summed E-state index contributed by atoms with van der Waals surface area (Å²) in [6.07, 6.45) is 3.20. The molecule has 0 aliphatic heterocycles. The molecule has 0 heterocycles. The van der Waals surface area contributed by atoms with Gasteiger partial charge in [0, 0.05) is 32.1 Å². The fourth-order valence-electron chi connectivity index (χ4n) is 2.36. The highest BCUT2D eigenvalue weighted by Crippen LogP contribution is 2.27. The molecular weight excluding hydrogens is 308 g/mol. The van der Waals surface area contributed by atoms with Gasteiger partial charge in [0.1, 0.15) is 0 Å². The van der Waals surface area contributed by atoms with E-state index in [9.17, 15) is 9.59 Å². The monoisotopic (exact) mass is 336 g/mol. The maximum absolute atomic E-state index is 12.2. The van der Waals surface area contributed by atoms with Crippen molar-refractivity contribution in [1.29, 1.82) is 0 Å². The number of methoxy groups -OCH3 is 2. The normalized spacial score (nSPS) is 10.2. The number of nitrogens with one attached hydrogen (secondary N) is 1. The zero-order valence-corrected chi connectivity index (χ0v) is 15.1. The molecule has 0 fully saturated rings. The molecule has 1 rings (SSSR count). The summed E-state index contributed by atoms with van der Waals surface area (Å²) in [6.45, 7) is 5.34. The third-order valence-electron chi connectivity index (χ3n) is 3.79. The van der Waals surface area contributed by atoms with Crippen molar-refractivity contribution in [3.8, 4) is 11.5 Å². The Balaban J connectivity index is 2.54. The molecule has 0 saturated heterocycles. The van der Waals surface area contributed by atoms with Gasteiger partial charge in [-0.25, -0.2) is 0 Å². The van der Waals surface area contributed by atoms with Gasteiger partial charge >= 0.3 is 0 Å². The summed E-state index contributed by atoms with van der Waals surface area (Å²) in [6, 6.07) is 5.01. The number of rotatable bonds is 10. The number of hydrogen-bond donors (Lipinski definition) is 1. The number of hydrogen-bond acceptors (Lipinski definition) is 4. The molecule has 0 unspecified atom stereocenters. The fourth-order valence-corrected chi connectivity index (χ4v) is 2.36. The van der Waals surface area contributed by atoms with Gasteiger partial charge in [-0.15, -0.1) is 0 Å². The van der Waals surface area contributed by atoms with E-state index in [-0.39, 0.29) is 11.8 Å². The molecule has 0 aromatic heterocycles. The minimum absolute atomic E-state index is 0.0338. The van der Waals surface area contributed by atoms with Crippen LogP contribution in [0.25, 0.3) is 0 Å². The van der Waals surface area contributed by atoms with Crippen molar-refractivity contribution in [2.24, 2.45) is 0 Å². The fraction of sp³-hybridized carbons (Fsp3) is 0.556. The lowest BCUT2D eigenvalue weighted by Gasteiger charge is -2.21. The molecule has 0 atom stereocenters. The second-order valence-electron chi connectivity index (χ2n) is 5.54. The van der Waals surface area contributed by atoms with Crippen LogP contribution in [0.5, 0.6) is 11.5 Å². The Morgan fingerprint density at radius 2 is 1.79 bits per heavy atom. The number of amides is 2. The molecule has 2 amide bonds. The summed E-state index contributed by atoms with van der Waals surface area (Å²) in [5, 5.41) is 2.83. The quantitative estimate of drug-likeness (QED) is 0.667. The molecule has 1 aromatic carbocycles. The standard InChI is InChI=1S/C18H28N2O4/c1-5-6-7-11-20(14(2)21)12-10-19-18(22)15-8-9-16(23-3)17(13-15)24-4/h8-9,13H,5-7,10-12H2,1-4H3,(H,19,22). The van der Waals surface area contributed by atoms with E-state index in [1.54, 1.807) is 37.1 Å². The van der Waals surface area contributed by atoms with E-state index in [4.69, 9.17) is 9.47 Å².